The highest BCUT2D eigenvalue weighted by atomic mass is 16.7. The van der Waals surface area contributed by atoms with Crippen LogP contribution < -0.4 is 28.4 Å². The van der Waals surface area contributed by atoms with E-state index in [4.69, 9.17) is 33.2 Å². The van der Waals surface area contributed by atoms with Crippen molar-refractivity contribution in [3.05, 3.63) is 59.2 Å². The fourth-order valence-electron chi connectivity index (χ4n) is 5.44. The van der Waals surface area contributed by atoms with Crippen LogP contribution in [0.15, 0.2) is 42.5 Å². The Bertz CT molecular complexity index is 1370. The van der Waals surface area contributed by atoms with Crippen molar-refractivity contribution in [3.63, 3.8) is 0 Å². The molecule has 8 nitrogen and oxygen atoms in total. The third kappa shape index (κ3) is 3.70. The van der Waals surface area contributed by atoms with Crippen LogP contribution in [-0.4, -0.2) is 33.8 Å². The Morgan fingerprint density at radius 2 is 1.46 bits per heavy atom. The third-order valence-electron chi connectivity index (χ3n) is 7.48. The molecule has 0 aromatic heterocycles. The number of carbonyl (C=O) groups excluding carboxylic acids is 1. The molecule has 2 aliphatic heterocycles. The molecule has 3 atom stereocenters. The van der Waals surface area contributed by atoms with E-state index in [2.05, 4.69) is 13.8 Å². The van der Waals surface area contributed by atoms with Crippen molar-refractivity contribution in [2.45, 2.75) is 26.4 Å². The Morgan fingerprint density at radius 1 is 0.838 bits per heavy atom. The lowest BCUT2D eigenvalue weighted by atomic mass is 9.76. The molecule has 1 aliphatic carbocycles. The summed E-state index contributed by atoms with van der Waals surface area (Å²) in [6.07, 6.45) is 0.101. The molecule has 3 aromatic rings. The molecule has 0 spiro atoms. The summed E-state index contributed by atoms with van der Waals surface area (Å²) in [7, 11) is 3.20. The number of methoxy groups -OCH3 is 2. The van der Waals surface area contributed by atoms with Gasteiger partial charge in [0.2, 0.25) is 25.1 Å². The Hall–Kier alpha value is -4.07. The fraction of sp³-hybridized carbons (Fsp3) is 0.345. The number of fused-ring (bicyclic) bond motifs is 5. The molecule has 0 saturated carbocycles. The summed E-state index contributed by atoms with van der Waals surface area (Å²) in [5.41, 5.74) is 3.78. The standard InChI is InChI=1S/C29H28O8/c1-15-10-18-11-20-25(35-13-33-20)27(31-3)22(18)23-19(12-21-26(28(23)32-4)36-14-34-21)24(16(15)2)37-29(30)17-8-6-5-7-9-17/h5-9,11-12,15-16,24H,10,13-14H2,1-4H3/t15-,16+,24-/m0/s1. The largest absolute Gasteiger partial charge is 0.492 e. The van der Waals surface area contributed by atoms with Crippen molar-refractivity contribution in [3.8, 4) is 45.6 Å². The molecule has 0 radical (unpaired) electrons. The zero-order valence-electron chi connectivity index (χ0n) is 21.2. The molecule has 3 aromatic carbocycles. The van der Waals surface area contributed by atoms with Gasteiger partial charge in [-0.1, -0.05) is 32.0 Å². The molecule has 0 N–H and O–H groups in total. The summed E-state index contributed by atoms with van der Waals surface area (Å²) in [4.78, 5) is 13.3. The van der Waals surface area contributed by atoms with Crippen LogP contribution in [-0.2, 0) is 11.2 Å². The van der Waals surface area contributed by atoms with Crippen molar-refractivity contribution in [2.24, 2.45) is 11.8 Å². The lowest BCUT2D eigenvalue weighted by Gasteiger charge is -2.35. The molecular formula is C29H28O8. The molecule has 8 heteroatoms. The maximum atomic E-state index is 13.3. The van der Waals surface area contributed by atoms with Crippen LogP contribution in [0.2, 0.25) is 0 Å². The zero-order chi connectivity index (χ0) is 25.7. The van der Waals surface area contributed by atoms with Crippen LogP contribution in [0.3, 0.4) is 0 Å². The van der Waals surface area contributed by atoms with E-state index in [0.717, 1.165) is 22.3 Å². The Labute approximate surface area is 214 Å². The number of ether oxygens (including phenoxy) is 7. The molecule has 0 fully saturated rings. The summed E-state index contributed by atoms with van der Waals surface area (Å²) in [5, 5.41) is 0. The SMILES string of the molecule is COc1c2c(cc3c1-c1c(cc4c(c1OC)OCO4)[C@@H](OC(=O)c1ccccc1)[C@H](C)[C@@H](C)C3)OCO2. The van der Waals surface area contributed by atoms with Gasteiger partial charge >= 0.3 is 5.97 Å². The minimum Gasteiger partial charge on any atom is -0.492 e. The molecule has 0 saturated heterocycles. The number of hydrogen-bond acceptors (Lipinski definition) is 8. The molecule has 37 heavy (non-hydrogen) atoms. The number of esters is 1. The van der Waals surface area contributed by atoms with Crippen molar-refractivity contribution in [2.75, 3.05) is 27.8 Å². The first-order chi connectivity index (χ1) is 18.0. The van der Waals surface area contributed by atoms with E-state index in [1.54, 1.807) is 26.4 Å². The number of benzene rings is 3. The van der Waals surface area contributed by atoms with E-state index in [0.29, 0.717) is 46.5 Å². The Kier molecular flexibility index (Phi) is 5.74. The van der Waals surface area contributed by atoms with Gasteiger partial charge in [0.15, 0.2) is 23.0 Å². The molecule has 192 valence electrons. The van der Waals surface area contributed by atoms with Crippen LogP contribution in [0, 0.1) is 11.8 Å². The summed E-state index contributed by atoms with van der Waals surface area (Å²) < 4.78 is 41.3. The quantitative estimate of drug-likeness (QED) is 0.428. The van der Waals surface area contributed by atoms with Gasteiger partial charge in [-0.25, -0.2) is 4.79 Å². The minimum absolute atomic E-state index is 0.0407. The van der Waals surface area contributed by atoms with Gasteiger partial charge in [-0.05, 0) is 42.2 Å². The van der Waals surface area contributed by atoms with Crippen LogP contribution in [0.4, 0.5) is 0 Å². The van der Waals surface area contributed by atoms with Gasteiger partial charge in [0.05, 0.1) is 19.8 Å². The van der Waals surface area contributed by atoms with Crippen molar-refractivity contribution < 1.29 is 38.0 Å². The first-order valence-corrected chi connectivity index (χ1v) is 12.3. The molecule has 2 heterocycles. The Morgan fingerprint density at radius 3 is 2.11 bits per heavy atom. The van der Waals surface area contributed by atoms with Gasteiger partial charge in [-0.15, -0.1) is 0 Å². The highest BCUT2D eigenvalue weighted by Crippen LogP contribution is 2.59. The van der Waals surface area contributed by atoms with Gasteiger partial charge in [0, 0.05) is 22.6 Å². The molecule has 3 aliphatic rings. The predicted octanol–water partition coefficient (Wildman–Crippen LogP) is 5.55. The summed E-state index contributed by atoms with van der Waals surface area (Å²) in [6.45, 7) is 4.44. The predicted molar refractivity (Wildman–Crippen MR) is 134 cm³/mol. The summed E-state index contributed by atoms with van der Waals surface area (Å²) in [6, 6.07) is 12.9. The topological polar surface area (TPSA) is 81.7 Å². The lowest BCUT2D eigenvalue weighted by Crippen LogP contribution is -2.26. The number of rotatable bonds is 4. The van der Waals surface area contributed by atoms with Crippen LogP contribution in [0.1, 0.15) is 41.4 Å². The second-order valence-corrected chi connectivity index (χ2v) is 9.52. The lowest BCUT2D eigenvalue weighted by molar-refractivity contribution is 0.00701. The molecular weight excluding hydrogens is 476 g/mol. The van der Waals surface area contributed by atoms with E-state index in [-0.39, 0.29) is 25.4 Å². The average molecular weight is 505 g/mol. The highest BCUT2D eigenvalue weighted by Gasteiger charge is 2.40. The molecule has 0 amide bonds. The van der Waals surface area contributed by atoms with Gasteiger partial charge in [-0.2, -0.15) is 0 Å². The van der Waals surface area contributed by atoms with Gasteiger partial charge < -0.3 is 33.2 Å². The zero-order valence-corrected chi connectivity index (χ0v) is 21.2. The average Bonchev–Trinajstić information content (AvgIpc) is 3.59. The third-order valence-corrected chi connectivity index (χ3v) is 7.48. The van der Waals surface area contributed by atoms with E-state index in [1.807, 2.05) is 30.3 Å². The maximum absolute atomic E-state index is 13.3. The highest BCUT2D eigenvalue weighted by molar-refractivity contribution is 5.91. The first kappa shape index (κ1) is 23.3. The van der Waals surface area contributed by atoms with E-state index < -0.39 is 12.1 Å². The first-order valence-electron chi connectivity index (χ1n) is 12.3. The van der Waals surface area contributed by atoms with Crippen LogP contribution in [0.5, 0.6) is 34.5 Å². The van der Waals surface area contributed by atoms with Crippen molar-refractivity contribution >= 4 is 5.97 Å². The smallest absolute Gasteiger partial charge is 0.338 e. The minimum atomic E-state index is -0.593. The molecule has 6 rings (SSSR count). The monoisotopic (exact) mass is 504 g/mol. The van der Waals surface area contributed by atoms with Gasteiger partial charge in [0.1, 0.15) is 6.10 Å². The number of carbonyl (C=O) groups is 1. The Balaban J connectivity index is 1.63. The van der Waals surface area contributed by atoms with E-state index in [1.165, 1.54) is 0 Å². The second-order valence-electron chi connectivity index (χ2n) is 9.52. The summed E-state index contributed by atoms with van der Waals surface area (Å²) >= 11 is 0. The van der Waals surface area contributed by atoms with Crippen molar-refractivity contribution in [1.82, 2.24) is 0 Å². The van der Waals surface area contributed by atoms with Crippen LogP contribution in [0.25, 0.3) is 11.1 Å². The van der Waals surface area contributed by atoms with Crippen molar-refractivity contribution in [1.29, 1.82) is 0 Å². The second kappa shape index (κ2) is 9.10. The summed E-state index contributed by atoms with van der Waals surface area (Å²) in [5.74, 6) is 2.95. The van der Waals surface area contributed by atoms with Crippen LogP contribution >= 0.6 is 0 Å². The van der Waals surface area contributed by atoms with Gasteiger partial charge in [0.25, 0.3) is 0 Å². The molecule has 0 unspecified atom stereocenters. The fourth-order valence-corrected chi connectivity index (χ4v) is 5.44. The number of hydrogen-bond donors (Lipinski definition) is 0. The normalized spacial score (nSPS) is 20.8. The maximum Gasteiger partial charge on any atom is 0.338 e. The molecule has 0 bridgehead atoms. The van der Waals surface area contributed by atoms with E-state index in [9.17, 15) is 4.79 Å². The van der Waals surface area contributed by atoms with E-state index >= 15 is 0 Å². The van der Waals surface area contributed by atoms with Gasteiger partial charge in [-0.3, -0.25) is 0 Å².